The van der Waals surface area contributed by atoms with Crippen LogP contribution in [0.2, 0.25) is 0 Å². The number of methoxy groups -OCH3 is 1. The van der Waals surface area contributed by atoms with Gasteiger partial charge >= 0.3 is 5.97 Å². The van der Waals surface area contributed by atoms with Gasteiger partial charge in [-0.2, -0.15) is 0 Å². The largest absolute Gasteiger partial charge is 0.464 e. The van der Waals surface area contributed by atoms with Crippen molar-refractivity contribution in [2.45, 2.75) is 0 Å². The summed E-state index contributed by atoms with van der Waals surface area (Å²) >= 11 is 3.33. The predicted molar refractivity (Wildman–Crippen MR) is 74.2 cm³/mol. The normalized spacial score (nSPS) is 10.0. The summed E-state index contributed by atoms with van der Waals surface area (Å²) in [4.78, 5) is 15.3. The van der Waals surface area contributed by atoms with Gasteiger partial charge in [-0.3, -0.25) is 0 Å². The van der Waals surface area contributed by atoms with Crippen LogP contribution in [0.15, 0.2) is 41.0 Å². The van der Waals surface area contributed by atoms with Crippen molar-refractivity contribution in [1.82, 2.24) is 4.98 Å². The van der Waals surface area contributed by atoms with Crippen LogP contribution in [0, 0.1) is 0 Å². The van der Waals surface area contributed by atoms with E-state index in [2.05, 4.69) is 25.7 Å². The first kappa shape index (κ1) is 13.4. The highest BCUT2D eigenvalue weighted by atomic mass is 79.9. The van der Waals surface area contributed by atoms with Crippen molar-refractivity contribution in [2.75, 3.05) is 12.8 Å². The molecular formula is C13H11BrN2O3. The highest BCUT2D eigenvalue weighted by Gasteiger charge is 2.08. The zero-order valence-electron chi connectivity index (χ0n) is 10.1. The van der Waals surface area contributed by atoms with Crippen molar-refractivity contribution in [3.05, 3.63) is 46.7 Å². The molecule has 0 aliphatic heterocycles. The molecule has 19 heavy (non-hydrogen) atoms. The number of rotatable bonds is 3. The van der Waals surface area contributed by atoms with Gasteiger partial charge in [0, 0.05) is 28.5 Å². The molecule has 5 nitrogen and oxygen atoms in total. The molecule has 1 heterocycles. The van der Waals surface area contributed by atoms with Gasteiger partial charge in [-0.1, -0.05) is 15.9 Å². The van der Waals surface area contributed by atoms with E-state index in [0.717, 1.165) is 4.47 Å². The van der Waals surface area contributed by atoms with Crippen LogP contribution >= 0.6 is 15.9 Å². The van der Waals surface area contributed by atoms with E-state index < -0.39 is 5.97 Å². The van der Waals surface area contributed by atoms with E-state index in [-0.39, 0.29) is 5.69 Å². The molecule has 0 radical (unpaired) electrons. The first-order valence-corrected chi connectivity index (χ1v) is 6.16. The third-order valence-electron chi connectivity index (χ3n) is 2.26. The second-order valence-corrected chi connectivity index (χ2v) is 4.61. The minimum atomic E-state index is -0.515. The maximum atomic E-state index is 11.4. The molecule has 0 saturated carbocycles. The Morgan fingerprint density at radius 1 is 1.26 bits per heavy atom. The van der Waals surface area contributed by atoms with Gasteiger partial charge in [0.25, 0.3) is 0 Å². The molecule has 0 bridgehead atoms. The number of halogens is 1. The average Bonchev–Trinajstić information content (AvgIpc) is 2.37. The van der Waals surface area contributed by atoms with E-state index in [0.29, 0.717) is 17.2 Å². The molecule has 1 aromatic heterocycles. The summed E-state index contributed by atoms with van der Waals surface area (Å²) in [5.41, 5.74) is 6.48. The number of nitrogen functional groups attached to an aromatic ring is 1. The molecule has 0 amide bonds. The molecule has 0 saturated heterocycles. The van der Waals surface area contributed by atoms with E-state index in [9.17, 15) is 4.79 Å². The van der Waals surface area contributed by atoms with Gasteiger partial charge in [0.05, 0.1) is 7.11 Å². The lowest BCUT2D eigenvalue weighted by Crippen LogP contribution is -2.03. The second-order valence-electron chi connectivity index (χ2n) is 3.69. The van der Waals surface area contributed by atoms with Crippen molar-refractivity contribution in [1.29, 1.82) is 0 Å². The van der Waals surface area contributed by atoms with Crippen LogP contribution in [0.5, 0.6) is 11.5 Å². The molecule has 0 aliphatic rings. The van der Waals surface area contributed by atoms with Crippen molar-refractivity contribution in [2.24, 2.45) is 0 Å². The lowest BCUT2D eigenvalue weighted by Gasteiger charge is -2.08. The summed E-state index contributed by atoms with van der Waals surface area (Å²) in [6.45, 7) is 0. The van der Waals surface area contributed by atoms with Crippen LogP contribution in [0.3, 0.4) is 0 Å². The minimum Gasteiger partial charge on any atom is -0.464 e. The van der Waals surface area contributed by atoms with Gasteiger partial charge < -0.3 is 15.2 Å². The zero-order chi connectivity index (χ0) is 13.8. The Morgan fingerprint density at radius 2 is 2.05 bits per heavy atom. The first-order valence-electron chi connectivity index (χ1n) is 5.37. The molecule has 0 atom stereocenters. The van der Waals surface area contributed by atoms with Gasteiger partial charge in [0.1, 0.15) is 11.5 Å². The maximum Gasteiger partial charge on any atom is 0.356 e. The van der Waals surface area contributed by atoms with Crippen molar-refractivity contribution in [3.63, 3.8) is 0 Å². The fraction of sp³-hybridized carbons (Fsp3) is 0.0769. The predicted octanol–water partition coefficient (Wildman–Crippen LogP) is 3.01. The number of ether oxygens (including phenoxy) is 2. The van der Waals surface area contributed by atoms with Gasteiger partial charge in [0.15, 0.2) is 5.69 Å². The third-order valence-corrected chi connectivity index (χ3v) is 2.71. The molecule has 0 aliphatic carbocycles. The van der Waals surface area contributed by atoms with E-state index in [1.807, 2.05) is 0 Å². The summed E-state index contributed by atoms with van der Waals surface area (Å²) in [5, 5.41) is 0. The minimum absolute atomic E-state index is 0.183. The lowest BCUT2D eigenvalue weighted by molar-refractivity contribution is 0.0593. The molecule has 2 N–H and O–H groups in total. The Morgan fingerprint density at radius 3 is 2.74 bits per heavy atom. The number of carbonyl (C=O) groups is 1. The van der Waals surface area contributed by atoms with E-state index >= 15 is 0 Å². The molecule has 98 valence electrons. The maximum absolute atomic E-state index is 11.4. The topological polar surface area (TPSA) is 74.4 Å². The quantitative estimate of drug-likeness (QED) is 0.694. The van der Waals surface area contributed by atoms with Crippen LogP contribution < -0.4 is 10.5 Å². The molecule has 0 spiro atoms. The van der Waals surface area contributed by atoms with Gasteiger partial charge in [-0.15, -0.1) is 0 Å². The Kier molecular flexibility index (Phi) is 4.01. The molecule has 1 aromatic carbocycles. The Hall–Kier alpha value is -2.08. The number of anilines is 1. The van der Waals surface area contributed by atoms with Gasteiger partial charge in [0.2, 0.25) is 0 Å². The number of hydrogen-bond donors (Lipinski definition) is 1. The summed E-state index contributed by atoms with van der Waals surface area (Å²) in [5.74, 6) is 0.529. The zero-order valence-corrected chi connectivity index (χ0v) is 11.7. The number of benzene rings is 1. The second kappa shape index (κ2) is 5.71. The molecular weight excluding hydrogens is 312 g/mol. The van der Waals surface area contributed by atoms with Crippen LogP contribution in [0.25, 0.3) is 0 Å². The molecule has 2 rings (SSSR count). The van der Waals surface area contributed by atoms with E-state index in [1.165, 1.54) is 19.4 Å². The number of hydrogen-bond acceptors (Lipinski definition) is 5. The SMILES string of the molecule is COC(=O)c1cc(Oc2cc(N)cc(Br)c2)ccn1. The summed E-state index contributed by atoms with van der Waals surface area (Å²) in [7, 11) is 1.30. The number of carbonyl (C=O) groups excluding carboxylic acids is 1. The smallest absolute Gasteiger partial charge is 0.356 e. The van der Waals surface area contributed by atoms with E-state index in [4.69, 9.17) is 10.5 Å². The Labute approximate surface area is 118 Å². The molecule has 6 heteroatoms. The van der Waals surface area contributed by atoms with E-state index in [1.54, 1.807) is 24.3 Å². The van der Waals surface area contributed by atoms with Crippen molar-refractivity contribution < 1.29 is 14.3 Å². The summed E-state index contributed by atoms with van der Waals surface area (Å²) in [6, 6.07) is 8.36. The molecule has 2 aromatic rings. The molecule has 0 fully saturated rings. The number of esters is 1. The van der Waals surface area contributed by atoms with Crippen molar-refractivity contribution >= 4 is 27.6 Å². The standard InChI is InChI=1S/C13H11BrN2O3/c1-18-13(17)12-7-10(2-3-16-12)19-11-5-8(14)4-9(15)6-11/h2-7H,15H2,1H3. The highest BCUT2D eigenvalue weighted by Crippen LogP contribution is 2.27. The molecule has 0 unspecified atom stereocenters. The Bertz CT molecular complexity index is 596. The Balaban J connectivity index is 2.25. The first-order chi connectivity index (χ1) is 9.08. The van der Waals surface area contributed by atoms with Crippen LogP contribution in [0.1, 0.15) is 10.5 Å². The fourth-order valence-corrected chi connectivity index (χ4v) is 1.96. The van der Waals surface area contributed by atoms with Crippen LogP contribution in [-0.4, -0.2) is 18.1 Å². The number of nitrogens with zero attached hydrogens (tertiary/aromatic N) is 1. The van der Waals surface area contributed by atoms with Crippen LogP contribution in [0.4, 0.5) is 5.69 Å². The summed E-state index contributed by atoms with van der Waals surface area (Å²) in [6.07, 6.45) is 1.48. The number of aromatic nitrogens is 1. The lowest BCUT2D eigenvalue weighted by atomic mass is 10.3. The monoisotopic (exact) mass is 322 g/mol. The number of pyridine rings is 1. The highest BCUT2D eigenvalue weighted by molar-refractivity contribution is 9.10. The average molecular weight is 323 g/mol. The van der Waals surface area contributed by atoms with Gasteiger partial charge in [-0.25, -0.2) is 9.78 Å². The third kappa shape index (κ3) is 3.45. The van der Waals surface area contributed by atoms with Gasteiger partial charge in [-0.05, 0) is 18.2 Å². The number of nitrogens with two attached hydrogens (primary N) is 1. The van der Waals surface area contributed by atoms with Crippen LogP contribution in [-0.2, 0) is 4.74 Å². The fourth-order valence-electron chi connectivity index (χ4n) is 1.47. The van der Waals surface area contributed by atoms with Crippen molar-refractivity contribution in [3.8, 4) is 11.5 Å². The summed E-state index contributed by atoms with van der Waals surface area (Å²) < 4.78 is 11.0.